The van der Waals surface area contributed by atoms with Crippen molar-refractivity contribution in [1.82, 2.24) is 10.2 Å². The molecule has 1 saturated heterocycles. The van der Waals surface area contributed by atoms with E-state index in [4.69, 9.17) is 0 Å². The molecule has 0 aliphatic carbocycles. The highest BCUT2D eigenvalue weighted by Crippen LogP contribution is 2.21. The maximum atomic E-state index is 12.4. The molecule has 0 unspecified atom stereocenters. The van der Waals surface area contributed by atoms with Crippen molar-refractivity contribution in [3.05, 3.63) is 39.9 Å². The number of nitrogens with zero attached hydrogens (tertiary/aromatic N) is 2. The Morgan fingerprint density at radius 2 is 2.13 bits per heavy atom. The summed E-state index contributed by atoms with van der Waals surface area (Å²) in [6, 6.07) is 5.19. The number of nitro benzene ring substituents is 1. The van der Waals surface area contributed by atoms with Crippen molar-refractivity contribution in [3.8, 4) is 0 Å². The van der Waals surface area contributed by atoms with E-state index >= 15 is 0 Å². The van der Waals surface area contributed by atoms with Crippen molar-refractivity contribution in [2.45, 2.75) is 31.6 Å². The molecule has 1 amide bonds. The number of carbonyl (C=O) groups is 1. The first-order valence-electron chi connectivity index (χ1n) is 7.08. The van der Waals surface area contributed by atoms with Crippen molar-refractivity contribution in [2.24, 2.45) is 0 Å². The Morgan fingerprint density at radius 3 is 2.78 bits per heavy atom. The summed E-state index contributed by atoms with van der Waals surface area (Å²) in [7, 11) is 0. The third-order valence-electron chi connectivity index (χ3n) is 3.57. The van der Waals surface area contributed by atoms with Gasteiger partial charge >= 0.3 is 6.18 Å². The van der Waals surface area contributed by atoms with Crippen LogP contribution in [0.15, 0.2) is 24.3 Å². The zero-order valence-corrected chi connectivity index (χ0v) is 12.2. The van der Waals surface area contributed by atoms with Gasteiger partial charge in [0.15, 0.2) is 0 Å². The number of hydrogen-bond donors (Lipinski definition) is 1. The Kier molecular flexibility index (Phi) is 5.19. The summed E-state index contributed by atoms with van der Waals surface area (Å²) in [4.78, 5) is 23.0. The van der Waals surface area contributed by atoms with Gasteiger partial charge in [-0.1, -0.05) is 12.1 Å². The van der Waals surface area contributed by atoms with Gasteiger partial charge in [0, 0.05) is 25.2 Å². The minimum absolute atomic E-state index is 0.0713. The molecule has 1 aromatic rings. The van der Waals surface area contributed by atoms with Gasteiger partial charge in [-0.05, 0) is 18.4 Å². The first-order chi connectivity index (χ1) is 10.8. The topological polar surface area (TPSA) is 75.5 Å². The summed E-state index contributed by atoms with van der Waals surface area (Å²) in [5.41, 5.74) is 0.526. The SMILES string of the molecule is O=C1[C@H](NCc2cccc([N+](=O)[O-])c2)CCCN1CC(F)(F)F. The number of likely N-dealkylation sites (tertiary alicyclic amines) is 1. The third kappa shape index (κ3) is 4.92. The Bertz CT molecular complexity index is 592. The maximum Gasteiger partial charge on any atom is 0.406 e. The molecule has 1 fully saturated rings. The van der Waals surface area contributed by atoms with Crippen molar-refractivity contribution in [1.29, 1.82) is 0 Å². The lowest BCUT2D eigenvalue weighted by molar-refractivity contribution is -0.384. The number of halogens is 3. The lowest BCUT2D eigenvalue weighted by Gasteiger charge is -2.33. The first-order valence-corrected chi connectivity index (χ1v) is 7.08. The van der Waals surface area contributed by atoms with E-state index in [9.17, 15) is 28.1 Å². The predicted molar refractivity (Wildman–Crippen MR) is 75.6 cm³/mol. The fourth-order valence-corrected chi connectivity index (χ4v) is 2.52. The number of alkyl halides is 3. The fraction of sp³-hybridized carbons (Fsp3) is 0.500. The molecule has 1 N–H and O–H groups in total. The van der Waals surface area contributed by atoms with E-state index in [1.165, 1.54) is 18.2 Å². The van der Waals surface area contributed by atoms with E-state index in [0.717, 1.165) is 4.90 Å². The summed E-state index contributed by atoms with van der Waals surface area (Å²) in [6.07, 6.45) is -3.49. The van der Waals surface area contributed by atoms with Crippen LogP contribution in [0.4, 0.5) is 18.9 Å². The molecule has 1 aromatic carbocycles. The average Bonchev–Trinajstić information content (AvgIpc) is 2.47. The van der Waals surface area contributed by atoms with Crippen LogP contribution in [0.25, 0.3) is 0 Å². The average molecular weight is 331 g/mol. The molecule has 2 rings (SSSR count). The molecular weight excluding hydrogens is 315 g/mol. The second-order valence-electron chi connectivity index (χ2n) is 5.38. The Morgan fingerprint density at radius 1 is 1.39 bits per heavy atom. The van der Waals surface area contributed by atoms with E-state index in [1.54, 1.807) is 6.07 Å². The number of amides is 1. The zero-order valence-electron chi connectivity index (χ0n) is 12.2. The minimum atomic E-state index is -4.42. The second kappa shape index (κ2) is 6.95. The fourth-order valence-electron chi connectivity index (χ4n) is 2.52. The van der Waals surface area contributed by atoms with Crippen LogP contribution in [0.1, 0.15) is 18.4 Å². The summed E-state index contributed by atoms with van der Waals surface area (Å²) < 4.78 is 37.3. The maximum absolute atomic E-state index is 12.4. The van der Waals surface area contributed by atoms with Crippen LogP contribution in [0, 0.1) is 10.1 Å². The number of benzene rings is 1. The van der Waals surface area contributed by atoms with Crippen molar-refractivity contribution >= 4 is 11.6 Å². The number of hydrogen-bond acceptors (Lipinski definition) is 4. The lowest BCUT2D eigenvalue weighted by atomic mass is 10.0. The van der Waals surface area contributed by atoms with Crippen molar-refractivity contribution < 1.29 is 22.9 Å². The van der Waals surface area contributed by atoms with Gasteiger partial charge in [-0.2, -0.15) is 13.2 Å². The highest BCUT2D eigenvalue weighted by atomic mass is 19.4. The van der Waals surface area contributed by atoms with Crippen LogP contribution in [0.2, 0.25) is 0 Å². The van der Waals surface area contributed by atoms with E-state index in [0.29, 0.717) is 18.4 Å². The van der Waals surface area contributed by atoms with Crippen LogP contribution >= 0.6 is 0 Å². The number of non-ortho nitro benzene ring substituents is 1. The molecular formula is C14H16F3N3O3. The van der Waals surface area contributed by atoms with Crippen molar-refractivity contribution in [3.63, 3.8) is 0 Å². The third-order valence-corrected chi connectivity index (χ3v) is 3.57. The van der Waals surface area contributed by atoms with Gasteiger partial charge in [-0.3, -0.25) is 14.9 Å². The van der Waals surface area contributed by atoms with Gasteiger partial charge in [-0.25, -0.2) is 0 Å². The Labute approximate surface area is 130 Å². The van der Waals surface area contributed by atoms with Crippen LogP contribution in [-0.4, -0.2) is 41.0 Å². The summed E-state index contributed by atoms with van der Waals surface area (Å²) >= 11 is 0. The highest BCUT2D eigenvalue weighted by Gasteiger charge is 2.37. The summed E-state index contributed by atoms with van der Waals surface area (Å²) in [5.74, 6) is -0.584. The molecule has 1 aliphatic heterocycles. The van der Waals surface area contributed by atoms with Gasteiger partial charge < -0.3 is 10.2 Å². The van der Waals surface area contributed by atoms with Gasteiger partial charge in [-0.15, -0.1) is 0 Å². The summed E-state index contributed by atoms with van der Waals surface area (Å²) in [5, 5.41) is 13.6. The molecule has 1 aliphatic rings. The van der Waals surface area contributed by atoms with Gasteiger partial charge in [0.1, 0.15) is 6.54 Å². The molecule has 1 heterocycles. The zero-order chi connectivity index (χ0) is 17.0. The highest BCUT2D eigenvalue weighted by molar-refractivity contribution is 5.82. The standard InChI is InChI=1S/C14H16F3N3O3/c15-14(16,17)9-19-6-2-5-12(13(19)21)18-8-10-3-1-4-11(7-10)20(22)23/h1,3-4,7,12,18H,2,5-6,8-9H2/t12-/m1/s1. The van der Waals surface area contributed by atoms with E-state index in [2.05, 4.69) is 5.32 Å². The number of nitrogens with one attached hydrogen (secondary N) is 1. The molecule has 6 nitrogen and oxygen atoms in total. The van der Waals surface area contributed by atoms with Gasteiger partial charge in [0.2, 0.25) is 5.91 Å². The Hall–Kier alpha value is -2.16. The molecule has 1 atom stereocenters. The molecule has 0 saturated carbocycles. The quantitative estimate of drug-likeness (QED) is 0.663. The largest absolute Gasteiger partial charge is 0.406 e. The molecule has 0 bridgehead atoms. The predicted octanol–water partition coefficient (Wildman–Crippen LogP) is 2.24. The van der Waals surface area contributed by atoms with Crippen LogP contribution in [-0.2, 0) is 11.3 Å². The Balaban J connectivity index is 1.96. The molecule has 0 radical (unpaired) electrons. The molecule has 0 spiro atoms. The van der Waals surface area contributed by atoms with E-state index in [1.807, 2.05) is 0 Å². The van der Waals surface area contributed by atoms with Crippen LogP contribution in [0.5, 0.6) is 0 Å². The minimum Gasteiger partial charge on any atom is -0.332 e. The van der Waals surface area contributed by atoms with E-state index < -0.39 is 29.6 Å². The smallest absolute Gasteiger partial charge is 0.332 e. The number of carbonyl (C=O) groups excluding carboxylic acids is 1. The number of nitro groups is 1. The number of piperidine rings is 1. The van der Waals surface area contributed by atoms with Gasteiger partial charge in [0.25, 0.3) is 5.69 Å². The van der Waals surface area contributed by atoms with E-state index in [-0.39, 0.29) is 18.8 Å². The second-order valence-corrected chi connectivity index (χ2v) is 5.38. The monoisotopic (exact) mass is 331 g/mol. The number of rotatable bonds is 5. The van der Waals surface area contributed by atoms with Gasteiger partial charge in [0.05, 0.1) is 11.0 Å². The molecule has 0 aromatic heterocycles. The summed E-state index contributed by atoms with van der Waals surface area (Å²) in [6.45, 7) is -0.980. The normalized spacial score (nSPS) is 19.0. The van der Waals surface area contributed by atoms with Crippen LogP contribution < -0.4 is 5.32 Å². The first kappa shape index (κ1) is 17.2. The van der Waals surface area contributed by atoms with Crippen LogP contribution in [0.3, 0.4) is 0 Å². The van der Waals surface area contributed by atoms with Crippen molar-refractivity contribution in [2.75, 3.05) is 13.1 Å². The molecule has 9 heteroatoms. The molecule has 23 heavy (non-hydrogen) atoms. The molecule has 126 valence electrons. The lowest BCUT2D eigenvalue weighted by Crippen LogP contribution is -2.52.